The summed E-state index contributed by atoms with van der Waals surface area (Å²) in [6.07, 6.45) is 1.84. The molecule has 2 aromatic rings. The zero-order valence-electron chi connectivity index (χ0n) is 21.1. The highest BCUT2D eigenvalue weighted by Crippen LogP contribution is 2.45. The van der Waals surface area contributed by atoms with Crippen molar-refractivity contribution in [2.24, 2.45) is 11.1 Å². The van der Waals surface area contributed by atoms with Crippen molar-refractivity contribution in [3.05, 3.63) is 72.3 Å². The molecular formula is C29H28N4O6. The lowest BCUT2D eigenvalue weighted by Crippen LogP contribution is -2.55. The molecule has 0 aromatic heterocycles. The fourth-order valence-electron chi connectivity index (χ4n) is 5.90. The van der Waals surface area contributed by atoms with Crippen molar-refractivity contribution in [3.8, 4) is 11.1 Å². The molecule has 2 heterocycles. The van der Waals surface area contributed by atoms with E-state index in [4.69, 9.17) is 4.84 Å². The lowest BCUT2D eigenvalue weighted by Gasteiger charge is -2.27. The summed E-state index contributed by atoms with van der Waals surface area (Å²) in [4.78, 5) is 57.9. The molecule has 39 heavy (non-hydrogen) atoms. The minimum absolute atomic E-state index is 0.0777. The van der Waals surface area contributed by atoms with Crippen molar-refractivity contribution in [2.45, 2.75) is 49.4 Å². The number of likely N-dealkylation sites (tertiary alicyclic amines) is 1. The third kappa shape index (κ3) is 4.16. The number of amides is 3. The Bertz CT molecular complexity index is 1390. The second-order valence-corrected chi connectivity index (χ2v) is 10.5. The van der Waals surface area contributed by atoms with Gasteiger partial charge in [0.05, 0.1) is 6.54 Å². The third-order valence-corrected chi connectivity index (χ3v) is 8.12. The molecule has 2 aromatic carbocycles. The zero-order valence-corrected chi connectivity index (χ0v) is 21.1. The molecule has 3 fully saturated rings. The van der Waals surface area contributed by atoms with E-state index >= 15 is 0 Å². The molecule has 1 saturated carbocycles. The third-order valence-electron chi connectivity index (χ3n) is 8.12. The minimum Gasteiger partial charge on any atom is -0.479 e. The van der Waals surface area contributed by atoms with Crippen LogP contribution in [-0.2, 0) is 24.0 Å². The molecular weight excluding hydrogens is 500 g/mol. The molecule has 0 spiro atoms. The minimum atomic E-state index is -1.43. The Hall–Kier alpha value is -4.47. The fourth-order valence-corrected chi connectivity index (χ4v) is 5.90. The maximum absolute atomic E-state index is 13.4. The number of carbonyl (C=O) groups is 4. The van der Waals surface area contributed by atoms with Gasteiger partial charge in [0, 0.05) is 29.9 Å². The van der Waals surface area contributed by atoms with E-state index in [2.05, 4.69) is 22.4 Å². The number of oxime groups is 1. The number of benzene rings is 2. The summed E-state index contributed by atoms with van der Waals surface area (Å²) in [5.74, 6) is -2.72. The van der Waals surface area contributed by atoms with Gasteiger partial charge in [-0.15, -0.1) is 6.58 Å². The lowest BCUT2D eigenvalue weighted by atomic mass is 10.1. The highest BCUT2D eigenvalue weighted by molar-refractivity contribution is 6.24. The van der Waals surface area contributed by atoms with Crippen LogP contribution in [0.5, 0.6) is 0 Å². The quantitative estimate of drug-likeness (QED) is 0.316. The van der Waals surface area contributed by atoms with Crippen LogP contribution < -0.4 is 10.6 Å². The van der Waals surface area contributed by atoms with Gasteiger partial charge in [-0.2, -0.15) is 0 Å². The van der Waals surface area contributed by atoms with Crippen LogP contribution in [0, 0.1) is 5.92 Å². The van der Waals surface area contributed by atoms with Gasteiger partial charge >= 0.3 is 5.97 Å². The molecule has 0 radical (unpaired) electrons. The molecule has 10 nitrogen and oxygen atoms in total. The van der Waals surface area contributed by atoms with E-state index in [9.17, 15) is 24.3 Å². The number of fused-ring (bicyclic) bond motifs is 3. The highest BCUT2D eigenvalue weighted by Gasteiger charge is 2.61. The Morgan fingerprint density at radius 3 is 2.28 bits per heavy atom. The molecule has 3 amide bonds. The molecule has 6 rings (SSSR count). The molecule has 3 N–H and O–H groups in total. The first-order valence-corrected chi connectivity index (χ1v) is 13.0. The van der Waals surface area contributed by atoms with Crippen LogP contribution in [0.15, 0.2) is 66.3 Å². The zero-order chi connectivity index (χ0) is 27.3. The van der Waals surface area contributed by atoms with Gasteiger partial charge < -0.3 is 25.5 Å². The van der Waals surface area contributed by atoms with E-state index in [1.165, 1.54) is 11.0 Å². The van der Waals surface area contributed by atoms with Gasteiger partial charge in [0.15, 0.2) is 0 Å². The second kappa shape index (κ2) is 9.37. The molecule has 200 valence electrons. The average Bonchev–Trinajstić information content (AvgIpc) is 3.23. The number of carboxylic acids is 1. The van der Waals surface area contributed by atoms with Gasteiger partial charge in [-0.1, -0.05) is 59.8 Å². The normalized spacial score (nSPS) is 28.3. The number of hydrogen-bond acceptors (Lipinski definition) is 6. The lowest BCUT2D eigenvalue weighted by molar-refractivity contribution is -0.145. The number of aliphatic carboxylic acids is 1. The molecule has 2 aliphatic carbocycles. The highest BCUT2D eigenvalue weighted by atomic mass is 16.6. The van der Waals surface area contributed by atoms with Crippen LogP contribution in [0.2, 0.25) is 0 Å². The van der Waals surface area contributed by atoms with Crippen molar-refractivity contribution in [3.63, 3.8) is 0 Å². The predicted molar refractivity (Wildman–Crippen MR) is 140 cm³/mol. The summed E-state index contributed by atoms with van der Waals surface area (Å²) >= 11 is 0. The summed E-state index contributed by atoms with van der Waals surface area (Å²) < 4.78 is 0. The van der Waals surface area contributed by atoms with Crippen LogP contribution in [0.3, 0.4) is 0 Å². The smallest absolute Gasteiger partial charge is 0.330 e. The summed E-state index contributed by atoms with van der Waals surface area (Å²) in [5, 5.41) is 19.6. The average molecular weight is 529 g/mol. The number of rotatable bonds is 7. The van der Waals surface area contributed by atoms with Gasteiger partial charge in [-0.3, -0.25) is 14.4 Å². The molecule has 4 aliphatic rings. The predicted octanol–water partition coefficient (Wildman–Crippen LogP) is 1.83. The van der Waals surface area contributed by atoms with Crippen molar-refractivity contribution in [2.75, 3.05) is 6.54 Å². The Morgan fingerprint density at radius 2 is 1.74 bits per heavy atom. The topological polar surface area (TPSA) is 137 Å². The Labute approximate surface area is 224 Å². The fraction of sp³-hybridized carbons (Fsp3) is 0.345. The van der Waals surface area contributed by atoms with Crippen LogP contribution in [0.25, 0.3) is 11.1 Å². The first-order chi connectivity index (χ1) is 18.8. The molecule has 5 atom stereocenters. The molecule has 2 saturated heterocycles. The van der Waals surface area contributed by atoms with Crippen molar-refractivity contribution >= 4 is 29.4 Å². The first-order valence-electron chi connectivity index (χ1n) is 13.0. The number of carboxylic acid groups (broad SMARTS) is 1. The Kier molecular flexibility index (Phi) is 5.97. The summed E-state index contributed by atoms with van der Waals surface area (Å²) in [6.45, 7) is 3.74. The van der Waals surface area contributed by atoms with Gasteiger partial charge in [0.25, 0.3) is 0 Å². The molecule has 2 aliphatic heterocycles. The van der Waals surface area contributed by atoms with Crippen LogP contribution in [0.1, 0.15) is 36.8 Å². The van der Waals surface area contributed by atoms with E-state index in [1.54, 1.807) is 0 Å². The molecule has 10 heteroatoms. The van der Waals surface area contributed by atoms with Gasteiger partial charge in [-0.05, 0) is 24.0 Å². The first kappa shape index (κ1) is 24.8. The van der Waals surface area contributed by atoms with Gasteiger partial charge in [-0.25, -0.2) is 4.79 Å². The van der Waals surface area contributed by atoms with E-state index in [-0.39, 0.29) is 37.6 Å². The van der Waals surface area contributed by atoms with Crippen molar-refractivity contribution in [1.29, 1.82) is 0 Å². The van der Waals surface area contributed by atoms with Gasteiger partial charge in [0.2, 0.25) is 17.7 Å². The maximum atomic E-state index is 13.4. The Morgan fingerprint density at radius 1 is 1.10 bits per heavy atom. The van der Waals surface area contributed by atoms with E-state index in [1.807, 2.05) is 48.5 Å². The van der Waals surface area contributed by atoms with E-state index in [0.717, 1.165) is 22.3 Å². The van der Waals surface area contributed by atoms with E-state index < -0.39 is 41.5 Å². The summed E-state index contributed by atoms with van der Waals surface area (Å²) in [6, 6.07) is 14.1. The largest absolute Gasteiger partial charge is 0.479 e. The van der Waals surface area contributed by atoms with Gasteiger partial charge in [0.1, 0.15) is 29.4 Å². The van der Waals surface area contributed by atoms with E-state index in [0.29, 0.717) is 12.1 Å². The Balaban J connectivity index is 1.25. The number of carbonyl (C=O) groups excluding carboxylic acids is 3. The molecule has 0 unspecified atom stereocenters. The van der Waals surface area contributed by atoms with Crippen molar-refractivity contribution in [1.82, 2.24) is 15.5 Å². The SMILES string of the molecule is C=C[C@@H]1C[C@]1(NC(=O)[C@@H]1C[C@@H](ON=C2c3ccccc3-c3ccccc32)CN1C(=O)[C@@H]1CCC(=O)N1)C(=O)O. The second-order valence-electron chi connectivity index (χ2n) is 10.5. The van der Waals surface area contributed by atoms with Crippen LogP contribution in [-0.4, -0.2) is 69.7 Å². The monoisotopic (exact) mass is 528 g/mol. The molecule has 0 bridgehead atoms. The van der Waals surface area contributed by atoms with Crippen LogP contribution in [0.4, 0.5) is 0 Å². The van der Waals surface area contributed by atoms with Crippen LogP contribution >= 0.6 is 0 Å². The standard InChI is InChI=1S/C29H28N4O6/c1-2-16-14-29(16,28(37)38)31-26(35)23-13-17(15-33(23)27(36)22-11-12-24(34)30-22)39-32-25-20-9-5-3-7-18(20)19-8-4-6-10-21(19)25/h2-10,16-17,22-23H,1,11-15H2,(H,30,34)(H,31,35)(H,37,38)/t16-,17-,22+,23+,29-/m1/s1. The summed E-state index contributed by atoms with van der Waals surface area (Å²) in [7, 11) is 0. The summed E-state index contributed by atoms with van der Waals surface area (Å²) in [5.41, 5.74) is 3.21. The van der Waals surface area contributed by atoms with Crippen molar-refractivity contribution < 1.29 is 29.1 Å². The number of nitrogens with one attached hydrogen (secondary N) is 2. The number of nitrogens with zero attached hydrogens (tertiary/aromatic N) is 2. The maximum Gasteiger partial charge on any atom is 0.330 e. The number of hydrogen-bond donors (Lipinski definition) is 3.